The number of nitrogens with one attached hydrogen (secondary N) is 1. The van der Waals surface area contributed by atoms with Gasteiger partial charge in [-0.05, 0) is 25.0 Å². The van der Waals surface area contributed by atoms with E-state index in [2.05, 4.69) is 27.0 Å². The molecule has 4 heterocycles. The van der Waals surface area contributed by atoms with Gasteiger partial charge in [0.1, 0.15) is 5.65 Å². The first-order valence-electron chi connectivity index (χ1n) is 6.22. The second-order valence-electron chi connectivity index (χ2n) is 4.97. The number of fused-ring (bicyclic) bond motifs is 3. The fourth-order valence-corrected chi connectivity index (χ4v) is 2.93. The molecule has 2 saturated heterocycles. The third-order valence-electron chi connectivity index (χ3n) is 3.79. The summed E-state index contributed by atoms with van der Waals surface area (Å²) >= 11 is 0. The minimum Gasteiger partial charge on any atom is -0.371 e. The molecular formula is C13H15N3O. The highest BCUT2D eigenvalue weighted by Gasteiger charge is 2.33. The number of nitrogens with zero attached hydrogens (tertiary/aromatic N) is 2. The van der Waals surface area contributed by atoms with Crippen molar-refractivity contribution < 1.29 is 4.74 Å². The average molecular weight is 229 g/mol. The molecule has 2 atom stereocenters. The van der Waals surface area contributed by atoms with Crippen LogP contribution in [0.5, 0.6) is 0 Å². The van der Waals surface area contributed by atoms with E-state index >= 15 is 0 Å². The van der Waals surface area contributed by atoms with E-state index < -0.39 is 0 Å². The normalized spacial score (nSPS) is 27.9. The highest BCUT2D eigenvalue weighted by atomic mass is 16.5. The predicted octanol–water partition coefficient (Wildman–Crippen LogP) is 1.93. The first-order chi connectivity index (χ1) is 8.38. The maximum Gasteiger partial charge on any atom is 0.137 e. The van der Waals surface area contributed by atoms with Crippen molar-refractivity contribution in [3.05, 3.63) is 24.5 Å². The highest BCUT2D eigenvalue weighted by molar-refractivity contribution is 5.79. The maximum atomic E-state index is 5.85. The molecule has 0 saturated carbocycles. The second kappa shape index (κ2) is 3.47. The first-order valence-corrected chi connectivity index (χ1v) is 6.22. The monoisotopic (exact) mass is 229 g/mol. The minimum absolute atomic E-state index is 0.427. The zero-order valence-corrected chi connectivity index (χ0v) is 9.60. The van der Waals surface area contributed by atoms with E-state index in [-0.39, 0.29) is 0 Å². The molecule has 0 spiro atoms. The Labute approximate surface area is 99.6 Å². The summed E-state index contributed by atoms with van der Waals surface area (Å²) < 4.78 is 5.85. The van der Waals surface area contributed by atoms with Gasteiger partial charge in [0.05, 0.1) is 24.1 Å². The lowest BCUT2D eigenvalue weighted by atomic mass is 10.2. The smallest absolute Gasteiger partial charge is 0.137 e. The van der Waals surface area contributed by atoms with Gasteiger partial charge in [-0.3, -0.25) is 0 Å². The zero-order chi connectivity index (χ0) is 11.2. The number of hydrogen-bond acceptors (Lipinski definition) is 3. The molecule has 17 heavy (non-hydrogen) atoms. The molecule has 0 radical (unpaired) electrons. The van der Waals surface area contributed by atoms with Crippen LogP contribution in [0.3, 0.4) is 0 Å². The third kappa shape index (κ3) is 1.52. The van der Waals surface area contributed by atoms with Crippen molar-refractivity contribution >= 4 is 16.7 Å². The molecule has 1 N–H and O–H groups in total. The van der Waals surface area contributed by atoms with E-state index in [1.54, 1.807) is 0 Å². The Morgan fingerprint density at radius 2 is 2.12 bits per heavy atom. The summed E-state index contributed by atoms with van der Waals surface area (Å²) in [5, 5.41) is 1.18. The van der Waals surface area contributed by atoms with E-state index in [0.717, 1.165) is 18.7 Å². The number of hydrogen-bond donors (Lipinski definition) is 1. The SMILES string of the molecule is c1cc2cc(N3CC4CCC(C3)O4)cnc2[nH]1. The number of H-pyrrole nitrogens is 1. The van der Waals surface area contributed by atoms with E-state index in [4.69, 9.17) is 4.74 Å². The number of ether oxygens (including phenoxy) is 1. The van der Waals surface area contributed by atoms with Crippen LogP contribution < -0.4 is 4.90 Å². The second-order valence-corrected chi connectivity index (χ2v) is 4.97. The molecular weight excluding hydrogens is 214 g/mol. The Hall–Kier alpha value is -1.55. The van der Waals surface area contributed by atoms with Gasteiger partial charge >= 0.3 is 0 Å². The van der Waals surface area contributed by atoms with Crippen LogP contribution >= 0.6 is 0 Å². The van der Waals surface area contributed by atoms with Crippen molar-refractivity contribution in [2.75, 3.05) is 18.0 Å². The standard InChI is InChI=1S/C13H15N3O/c1-2-12-8-16(7-11(1)17-12)10-5-9-3-4-14-13(9)15-6-10/h3-6,11-12H,1-2,7-8H2,(H,14,15). The molecule has 4 nitrogen and oxygen atoms in total. The summed E-state index contributed by atoms with van der Waals surface area (Å²) in [6.07, 6.45) is 7.17. The molecule has 4 rings (SSSR count). The van der Waals surface area contributed by atoms with Gasteiger partial charge in [-0.1, -0.05) is 0 Å². The topological polar surface area (TPSA) is 41.1 Å². The molecule has 2 fully saturated rings. The van der Waals surface area contributed by atoms with Crippen LogP contribution in [0.15, 0.2) is 24.5 Å². The summed E-state index contributed by atoms with van der Waals surface area (Å²) in [6.45, 7) is 2.02. The van der Waals surface area contributed by atoms with Crippen molar-refractivity contribution in [3.63, 3.8) is 0 Å². The van der Waals surface area contributed by atoms with Gasteiger partial charge < -0.3 is 14.6 Å². The summed E-state index contributed by atoms with van der Waals surface area (Å²) in [6, 6.07) is 4.28. The van der Waals surface area contributed by atoms with Crippen LogP contribution in [-0.2, 0) is 4.74 Å². The zero-order valence-electron chi connectivity index (χ0n) is 9.60. The van der Waals surface area contributed by atoms with Gasteiger partial charge in [-0.25, -0.2) is 4.98 Å². The van der Waals surface area contributed by atoms with E-state index in [1.165, 1.54) is 23.9 Å². The van der Waals surface area contributed by atoms with Crippen LogP contribution in [0.1, 0.15) is 12.8 Å². The minimum atomic E-state index is 0.427. The molecule has 2 aliphatic heterocycles. The third-order valence-corrected chi connectivity index (χ3v) is 3.79. The van der Waals surface area contributed by atoms with Crippen LogP contribution in [0.2, 0.25) is 0 Å². The van der Waals surface area contributed by atoms with Crippen molar-refractivity contribution in [2.45, 2.75) is 25.0 Å². The molecule has 88 valence electrons. The molecule has 2 aromatic rings. The van der Waals surface area contributed by atoms with Gasteiger partial charge in [0.25, 0.3) is 0 Å². The van der Waals surface area contributed by atoms with Gasteiger partial charge in [0.2, 0.25) is 0 Å². The van der Waals surface area contributed by atoms with E-state index in [0.29, 0.717) is 12.2 Å². The lowest BCUT2D eigenvalue weighted by molar-refractivity contribution is 0.0305. The van der Waals surface area contributed by atoms with Gasteiger partial charge in [-0.2, -0.15) is 0 Å². The number of anilines is 1. The van der Waals surface area contributed by atoms with Gasteiger partial charge in [0.15, 0.2) is 0 Å². The summed E-state index contributed by atoms with van der Waals surface area (Å²) in [7, 11) is 0. The summed E-state index contributed by atoms with van der Waals surface area (Å²) in [5.41, 5.74) is 2.18. The average Bonchev–Trinajstić information content (AvgIpc) is 2.94. The lowest BCUT2D eigenvalue weighted by Gasteiger charge is -2.33. The summed E-state index contributed by atoms with van der Waals surface area (Å²) in [5.74, 6) is 0. The van der Waals surface area contributed by atoms with Crippen molar-refractivity contribution in [2.24, 2.45) is 0 Å². The molecule has 0 aliphatic carbocycles. The molecule has 0 amide bonds. The van der Waals surface area contributed by atoms with Crippen molar-refractivity contribution in [1.29, 1.82) is 0 Å². The van der Waals surface area contributed by atoms with E-state index in [1.807, 2.05) is 12.4 Å². The quantitative estimate of drug-likeness (QED) is 0.812. The van der Waals surface area contributed by atoms with Crippen LogP contribution in [0.25, 0.3) is 11.0 Å². The summed E-state index contributed by atoms with van der Waals surface area (Å²) in [4.78, 5) is 9.98. The van der Waals surface area contributed by atoms with E-state index in [9.17, 15) is 0 Å². The van der Waals surface area contributed by atoms with Crippen molar-refractivity contribution in [1.82, 2.24) is 9.97 Å². The van der Waals surface area contributed by atoms with Gasteiger partial charge in [0, 0.05) is 24.7 Å². The van der Waals surface area contributed by atoms with Crippen LogP contribution in [-0.4, -0.2) is 35.3 Å². The number of pyridine rings is 1. The largest absolute Gasteiger partial charge is 0.371 e. The van der Waals surface area contributed by atoms with Crippen molar-refractivity contribution in [3.8, 4) is 0 Å². The van der Waals surface area contributed by atoms with Gasteiger partial charge in [-0.15, -0.1) is 0 Å². The Kier molecular flexibility index (Phi) is 1.93. The maximum absolute atomic E-state index is 5.85. The van der Waals surface area contributed by atoms with Crippen LogP contribution in [0.4, 0.5) is 5.69 Å². The Morgan fingerprint density at radius 1 is 1.29 bits per heavy atom. The Morgan fingerprint density at radius 3 is 2.94 bits per heavy atom. The number of rotatable bonds is 1. The van der Waals surface area contributed by atoms with Crippen LogP contribution in [0, 0.1) is 0 Å². The fraction of sp³-hybridized carbons (Fsp3) is 0.462. The first kappa shape index (κ1) is 9.48. The Bertz CT molecular complexity index is 538. The molecule has 2 aliphatic rings. The molecule has 4 heteroatoms. The molecule has 0 aromatic carbocycles. The lowest BCUT2D eigenvalue weighted by Crippen LogP contribution is -2.42. The molecule has 2 unspecified atom stereocenters. The number of aromatic nitrogens is 2. The fourth-order valence-electron chi connectivity index (χ4n) is 2.93. The predicted molar refractivity (Wildman–Crippen MR) is 66.2 cm³/mol. The number of aromatic amines is 1. The highest BCUT2D eigenvalue weighted by Crippen LogP contribution is 2.30. The number of morpholine rings is 1. The Balaban J connectivity index is 1.69. The molecule has 2 bridgehead atoms. The molecule has 2 aromatic heterocycles.